The van der Waals surface area contributed by atoms with Crippen molar-refractivity contribution in [2.45, 2.75) is 25.4 Å². The Bertz CT molecular complexity index is 308. The molecule has 0 aliphatic carbocycles. The topological polar surface area (TPSA) is 34.1 Å². The molecule has 1 unspecified atom stereocenters. The minimum absolute atomic E-state index is 0.631. The third-order valence-corrected chi connectivity index (χ3v) is 2.98. The van der Waals surface area contributed by atoms with Crippen LogP contribution in [0.3, 0.4) is 0 Å². The van der Waals surface area contributed by atoms with Crippen molar-refractivity contribution in [1.82, 2.24) is 10.3 Å². The quantitative estimate of drug-likeness (QED) is 0.817. The zero-order valence-electron chi connectivity index (χ0n) is 9.20. The van der Waals surface area contributed by atoms with Gasteiger partial charge in [0.1, 0.15) is 0 Å². The van der Waals surface area contributed by atoms with Gasteiger partial charge in [0.05, 0.1) is 6.61 Å². The zero-order valence-corrected chi connectivity index (χ0v) is 9.20. The van der Waals surface area contributed by atoms with E-state index in [9.17, 15) is 0 Å². The van der Waals surface area contributed by atoms with Crippen LogP contribution in [0, 0.1) is 0 Å². The summed E-state index contributed by atoms with van der Waals surface area (Å²) in [6, 6.07) is 2.13. The first-order chi connectivity index (χ1) is 7.42. The molecule has 0 bridgehead atoms. The first-order valence-corrected chi connectivity index (χ1v) is 5.54. The lowest BCUT2D eigenvalue weighted by atomic mass is 9.89. The third kappa shape index (κ3) is 2.55. The van der Waals surface area contributed by atoms with Gasteiger partial charge in [-0.3, -0.25) is 4.98 Å². The summed E-state index contributed by atoms with van der Waals surface area (Å²) in [6.45, 7) is 2.90. The van der Waals surface area contributed by atoms with E-state index >= 15 is 0 Å². The van der Waals surface area contributed by atoms with E-state index in [1.807, 2.05) is 12.4 Å². The predicted octanol–water partition coefficient (Wildman–Crippen LogP) is 1.70. The van der Waals surface area contributed by atoms with E-state index in [-0.39, 0.29) is 0 Å². The first-order valence-electron chi connectivity index (χ1n) is 5.54. The molecule has 1 fully saturated rings. The summed E-state index contributed by atoms with van der Waals surface area (Å²) in [4.78, 5) is 4.16. The van der Waals surface area contributed by atoms with E-state index in [2.05, 4.69) is 16.4 Å². The molecule has 0 saturated carbocycles. The SMILES string of the molecule is COCc1cnccc1C1CCCNC1. The van der Waals surface area contributed by atoms with E-state index in [4.69, 9.17) is 4.74 Å². The van der Waals surface area contributed by atoms with Crippen molar-refractivity contribution in [3.63, 3.8) is 0 Å². The Kier molecular flexibility index (Phi) is 3.69. The van der Waals surface area contributed by atoms with Crippen molar-refractivity contribution in [3.05, 3.63) is 29.6 Å². The molecule has 1 aromatic rings. The molecule has 15 heavy (non-hydrogen) atoms. The van der Waals surface area contributed by atoms with Crippen molar-refractivity contribution in [2.24, 2.45) is 0 Å². The monoisotopic (exact) mass is 206 g/mol. The molecule has 3 heteroatoms. The summed E-state index contributed by atoms with van der Waals surface area (Å²) in [5.41, 5.74) is 2.63. The van der Waals surface area contributed by atoms with Crippen molar-refractivity contribution < 1.29 is 4.74 Å². The van der Waals surface area contributed by atoms with Gasteiger partial charge in [0.25, 0.3) is 0 Å². The summed E-state index contributed by atoms with van der Waals surface area (Å²) < 4.78 is 5.20. The Morgan fingerprint density at radius 3 is 3.27 bits per heavy atom. The number of hydrogen-bond acceptors (Lipinski definition) is 3. The number of rotatable bonds is 3. The third-order valence-electron chi connectivity index (χ3n) is 2.98. The van der Waals surface area contributed by atoms with Crippen LogP contribution in [0.1, 0.15) is 29.9 Å². The highest BCUT2D eigenvalue weighted by Crippen LogP contribution is 2.25. The second kappa shape index (κ2) is 5.24. The molecule has 82 valence electrons. The van der Waals surface area contributed by atoms with E-state index in [0.717, 1.165) is 13.1 Å². The highest BCUT2D eigenvalue weighted by Gasteiger charge is 2.17. The summed E-state index contributed by atoms with van der Waals surface area (Å²) >= 11 is 0. The van der Waals surface area contributed by atoms with Gasteiger partial charge in [0.15, 0.2) is 0 Å². The van der Waals surface area contributed by atoms with Gasteiger partial charge in [-0.1, -0.05) is 0 Å². The lowest BCUT2D eigenvalue weighted by Crippen LogP contribution is -2.29. The smallest absolute Gasteiger partial charge is 0.0730 e. The Balaban J connectivity index is 2.17. The van der Waals surface area contributed by atoms with Gasteiger partial charge in [0, 0.05) is 26.0 Å². The van der Waals surface area contributed by atoms with Crippen LogP contribution in [0.2, 0.25) is 0 Å². The molecule has 2 heterocycles. The molecule has 1 aliphatic heterocycles. The Morgan fingerprint density at radius 1 is 1.60 bits per heavy atom. The average Bonchev–Trinajstić information content (AvgIpc) is 2.31. The number of nitrogens with one attached hydrogen (secondary N) is 1. The highest BCUT2D eigenvalue weighted by molar-refractivity contribution is 5.27. The molecule has 1 saturated heterocycles. The molecule has 0 spiro atoms. The highest BCUT2D eigenvalue weighted by atomic mass is 16.5. The lowest BCUT2D eigenvalue weighted by molar-refractivity contribution is 0.183. The van der Waals surface area contributed by atoms with Crippen LogP contribution in [0.25, 0.3) is 0 Å². The number of pyridine rings is 1. The van der Waals surface area contributed by atoms with Gasteiger partial charge >= 0.3 is 0 Å². The fraction of sp³-hybridized carbons (Fsp3) is 0.583. The van der Waals surface area contributed by atoms with Gasteiger partial charge in [0.2, 0.25) is 0 Å². The molecule has 1 N–H and O–H groups in total. The largest absolute Gasteiger partial charge is 0.380 e. The number of hydrogen-bond donors (Lipinski definition) is 1. The molecule has 1 aromatic heterocycles. The number of aromatic nitrogens is 1. The molecular formula is C12H18N2O. The van der Waals surface area contributed by atoms with E-state index < -0.39 is 0 Å². The van der Waals surface area contributed by atoms with E-state index in [1.54, 1.807) is 7.11 Å². The van der Waals surface area contributed by atoms with Crippen LogP contribution in [0.15, 0.2) is 18.5 Å². The number of ether oxygens (including phenoxy) is 1. The average molecular weight is 206 g/mol. The molecular weight excluding hydrogens is 188 g/mol. The second-order valence-electron chi connectivity index (χ2n) is 4.05. The van der Waals surface area contributed by atoms with Crippen molar-refractivity contribution in [1.29, 1.82) is 0 Å². The molecule has 3 nitrogen and oxygen atoms in total. The summed E-state index contributed by atoms with van der Waals surface area (Å²) in [5, 5.41) is 3.44. The fourth-order valence-corrected chi connectivity index (χ4v) is 2.23. The van der Waals surface area contributed by atoms with Crippen LogP contribution in [0.4, 0.5) is 0 Å². The van der Waals surface area contributed by atoms with E-state index in [1.165, 1.54) is 24.0 Å². The van der Waals surface area contributed by atoms with Gasteiger partial charge in [-0.15, -0.1) is 0 Å². The van der Waals surface area contributed by atoms with Crippen molar-refractivity contribution in [3.8, 4) is 0 Å². The maximum atomic E-state index is 5.20. The van der Waals surface area contributed by atoms with Gasteiger partial charge in [-0.25, -0.2) is 0 Å². The minimum atomic E-state index is 0.631. The zero-order chi connectivity index (χ0) is 10.5. The number of methoxy groups -OCH3 is 1. The second-order valence-corrected chi connectivity index (χ2v) is 4.05. The van der Waals surface area contributed by atoms with E-state index in [0.29, 0.717) is 12.5 Å². The fourth-order valence-electron chi connectivity index (χ4n) is 2.23. The molecule has 0 radical (unpaired) electrons. The molecule has 0 aromatic carbocycles. The molecule has 1 aliphatic rings. The van der Waals surface area contributed by atoms with Gasteiger partial charge < -0.3 is 10.1 Å². The Hall–Kier alpha value is -0.930. The minimum Gasteiger partial charge on any atom is -0.380 e. The van der Waals surface area contributed by atoms with Crippen LogP contribution in [-0.2, 0) is 11.3 Å². The predicted molar refractivity (Wildman–Crippen MR) is 59.8 cm³/mol. The van der Waals surface area contributed by atoms with Crippen molar-refractivity contribution >= 4 is 0 Å². The summed E-state index contributed by atoms with van der Waals surface area (Å²) in [7, 11) is 1.73. The van der Waals surface area contributed by atoms with Gasteiger partial charge in [-0.2, -0.15) is 0 Å². The normalized spacial score (nSPS) is 21.5. The summed E-state index contributed by atoms with van der Waals surface area (Å²) in [5.74, 6) is 0.631. The standard InChI is InChI=1S/C12H18N2O/c1-15-9-11-8-14-6-4-12(11)10-3-2-5-13-7-10/h4,6,8,10,13H,2-3,5,7,9H2,1H3. The number of piperidine rings is 1. The first kappa shape index (κ1) is 10.6. The molecule has 1 atom stereocenters. The van der Waals surface area contributed by atoms with Crippen LogP contribution >= 0.6 is 0 Å². The summed E-state index contributed by atoms with van der Waals surface area (Å²) in [6.07, 6.45) is 6.34. The lowest BCUT2D eigenvalue weighted by Gasteiger charge is -2.24. The van der Waals surface area contributed by atoms with Gasteiger partial charge in [-0.05, 0) is 42.5 Å². The molecule has 2 rings (SSSR count). The van der Waals surface area contributed by atoms with Crippen LogP contribution in [-0.4, -0.2) is 25.2 Å². The maximum Gasteiger partial charge on any atom is 0.0730 e. The molecule has 0 amide bonds. The van der Waals surface area contributed by atoms with Crippen LogP contribution in [0.5, 0.6) is 0 Å². The Morgan fingerprint density at radius 2 is 2.53 bits per heavy atom. The van der Waals surface area contributed by atoms with Crippen molar-refractivity contribution in [2.75, 3.05) is 20.2 Å². The number of nitrogens with zero attached hydrogens (tertiary/aromatic N) is 1. The Labute approximate surface area is 90.9 Å². The van der Waals surface area contributed by atoms with Crippen LogP contribution < -0.4 is 5.32 Å². The maximum absolute atomic E-state index is 5.20.